The smallest absolute Gasteiger partial charge is 0.264 e. The fourth-order valence-electron chi connectivity index (χ4n) is 9.21. The summed E-state index contributed by atoms with van der Waals surface area (Å²) in [5.41, 5.74) is 5.32. The molecule has 4 aliphatic heterocycles. The molecule has 322 valence electrons. The molecular formula is C44H47F2N11O5. The minimum atomic E-state index is -2.70. The number of carbonyl (C=O) groups excluding carboxylic acids is 5. The van der Waals surface area contributed by atoms with Crippen LogP contribution < -0.4 is 20.9 Å². The van der Waals surface area contributed by atoms with Crippen molar-refractivity contribution in [2.24, 2.45) is 7.05 Å². The number of halogens is 2. The second-order valence-corrected chi connectivity index (χ2v) is 16.4. The molecule has 1 atom stereocenters. The Kier molecular flexibility index (Phi) is 10.9. The van der Waals surface area contributed by atoms with Crippen LogP contribution in [-0.4, -0.2) is 103 Å². The van der Waals surface area contributed by atoms with Crippen LogP contribution in [0.25, 0.3) is 22.0 Å². The Morgan fingerprint density at radius 3 is 2.53 bits per heavy atom. The number of nitrogens with zero attached hydrogens (tertiary/aromatic N) is 8. The summed E-state index contributed by atoms with van der Waals surface area (Å²) < 4.78 is 33.1. The SMILES string of the molecule is CC(=O)N1CCc2c(c(N3CCCc4cc(-c5cnn(C)c5)c(C(F)F)cc43)nn2C2CCN(C(=O)CNc3ccc4cccc(C(=O)NC5CCC(=O)NC5=O)c4n3)CC2)C1. The van der Waals surface area contributed by atoms with E-state index in [2.05, 4.69) is 35.6 Å². The molecule has 0 aliphatic carbocycles. The van der Waals surface area contributed by atoms with Crippen LogP contribution in [0, 0.1) is 0 Å². The third-order valence-corrected chi connectivity index (χ3v) is 12.5. The van der Waals surface area contributed by atoms with Crippen molar-refractivity contribution < 1.29 is 32.8 Å². The molecule has 0 saturated carbocycles. The maximum Gasteiger partial charge on any atom is 0.264 e. The summed E-state index contributed by atoms with van der Waals surface area (Å²) in [4.78, 5) is 73.6. The van der Waals surface area contributed by atoms with Gasteiger partial charge in [-0.05, 0) is 73.6 Å². The van der Waals surface area contributed by atoms with Gasteiger partial charge in [0.15, 0.2) is 5.82 Å². The predicted octanol–water partition coefficient (Wildman–Crippen LogP) is 4.57. The topological polar surface area (TPSA) is 180 Å². The normalized spacial score (nSPS) is 18.1. The van der Waals surface area contributed by atoms with Gasteiger partial charge in [-0.2, -0.15) is 10.2 Å². The van der Waals surface area contributed by atoms with E-state index < -0.39 is 24.3 Å². The lowest BCUT2D eigenvalue weighted by molar-refractivity contribution is -0.135. The number of hydrogen-bond acceptors (Lipinski definition) is 10. The number of piperidine rings is 2. The molecule has 1 unspecified atom stereocenters. The summed E-state index contributed by atoms with van der Waals surface area (Å²) in [5, 5.41) is 18.2. The van der Waals surface area contributed by atoms with Gasteiger partial charge in [-0.15, -0.1) is 0 Å². The highest BCUT2D eigenvalue weighted by atomic mass is 19.3. The molecule has 9 rings (SSSR count). The Morgan fingerprint density at radius 2 is 1.79 bits per heavy atom. The Labute approximate surface area is 355 Å². The van der Waals surface area contributed by atoms with Gasteiger partial charge in [-0.3, -0.25) is 38.7 Å². The van der Waals surface area contributed by atoms with E-state index in [-0.39, 0.29) is 54.3 Å². The summed E-state index contributed by atoms with van der Waals surface area (Å²) in [6.07, 6.45) is 4.42. The molecule has 62 heavy (non-hydrogen) atoms. The average Bonchev–Trinajstić information content (AvgIpc) is 3.88. The monoisotopic (exact) mass is 847 g/mol. The van der Waals surface area contributed by atoms with Crippen molar-refractivity contribution in [1.82, 2.24) is 45.0 Å². The van der Waals surface area contributed by atoms with Gasteiger partial charge in [0, 0.05) is 92.6 Å². The van der Waals surface area contributed by atoms with Crippen LogP contribution >= 0.6 is 0 Å². The second-order valence-electron chi connectivity index (χ2n) is 16.4. The molecule has 16 nitrogen and oxygen atoms in total. The zero-order valence-electron chi connectivity index (χ0n) is 34.5. The summed E-state index contributed by atoms with van der Waals surface area (Å²) in [5.74, 6) is -0.468. The molecule has 0 spiro atoms. The Morgan fingerprint density at radius 1 is 0.968 bits per heavy atom. The molecule has 0 radical (unpaired) electrons. The lowest BCUT2D eigenvalue weighted by Gasteiger charge is -2.34. The molecule has 4 aliphatic rings. The van der Waals surface area contributed by atoms with Crippen molar-refractivity contribution in [1.29, 1.82) is 0 Å². The molecule has 2 fully saturated rings. The maximum absolute atomic E-state index is 14.7. The zero-order chi connectivity index (χ0) is 43.2. The van der Waals surface area contributed by atoms with E-state index in [4.69, 9.17) is 5.10 Å². The van der Waals surface area contributed by atoms with Gasteiger partial charge >= 0.3 is 0 Å². The number of imide groups is 1. The summed E-state index contributed by atoms with van der Waals surface area (Å²) >= 11 is 0. The van der Waals surface area contributed by atoms with Gasteiger partial charge in [0.2, 0.25) is 23.6 Å². The number of anilines is 3. The zero-order valence-corrected chi connectivity index (χ0v) is 34.5. The largest absolute Gasteiger partial charge is 0.361 e. The molecule has 5 amide bonds. The van der Waals surface area contributed by atoms with Gasteiger partial charge in [0.05, 0.1) is 36.4 Å². The van der Waals surface area contributed by atoms with E-state index in [1.54, 1.807) is 66.3 Å². The van der Waals surface area contributed by atoms with E-state index in [1.165, 1.54) is 0 Å². The van der Waals surface area contributed by atoms with E-state index >= 15 is 0 Å². The Balaban J connectivity index is 0.902. The van der Waals surface area contributed by atoms with Crippen molar-refractivity contribution in [3.63, 3.8) is 0 Å². The number of aryl methyl sites for hydroxylation is 2. The van der Waals surface area contributed by atoms with Crippen LogP contribution in [-0.2, 0) is 45.6 Å². The number of para-hydroxylation sites is 1. The molecule has 5 aromatic rings. The number of likely N-dealkylation sites (tertiary alicyclic amines) is 1. The van der Waals surface area contributed by atoms with Gasteiger partial charge in [0.25, 0.3) is 12.3 Å². The standard InChI is InChI=1S/C44H47F2N11O5/c1-25(58)55-18-14-35-33(24-55)42(56-15-4-6-27-19-31(28-21-48-53(2)23-28)32(41(45)46)20-36(27)56)52-57(35)29-12-16-54(17-13-29)39(60)22-47-37-10-8-26-5-3-7-30(40(26)50-37)43(61)49-34-9-11-38(59)51-44(34)62/h3,5,7-8,10,19-21,23,29,34,41H,4,6,9,11-18,22,24H2,1-2H3,(H,47,50)(H,49,61)(H,51,59,62). The Bertz CT molecular complexity index is 2620. The number of amides is 5. The predicted molar refractivity (Wildman–Crippen MR) is 225 cm³/mol. The summed E-state index contributed by atoms with van der Waals surface area (Å²) in [7, 11) is 1.76. The van der Waals surface area contributed by atoms with E-state index in [0.29, 0.717) is 91.3 Å². The van der Waals surface area contributed by atoms with Gasteiger partial charge in [-0.1, -0.05) is 12.1 Å². The quantitative estimate of drug-likeness (QED) is 0.178. The van der Waals surface area contributed by atoms with Crippen molar-refractivity contribution in [2.45, 2.75) is 76.9 Å². The average molecular weight is 848 g/mol. The molecular weight excluding hydrogens is 801 g/mol. The minimum Gasteiger partial charge on any atom is -0.361 e. The number of alkyl halides is 2. The first-order chi connectivity index (χ1) is 29.9. The molecule has 2 saturated heterocycles. The lowest BCUT2D eigenvalue weighted by Crippen LogP contribution is -2.52. The molecule has 18 heteroatoms. The van der Waals surface area contributed by atoms with Crippen molar-refractivity contribution in [3.05, 3.63) is 82.8 Å². The highest BCUT2D eigenvalue weighted by molar-refractivity contribution is 6.08. The third kappa shape index (κ3) is 7.84. The highest BCUT2D eigenvalue weighted by Crippen LogP contribution is 2.43. The van der Waals surface area contributed by atoms with Crippen LogP contribution in [0.1, 0.15) is 84.2 Å². The number of pyridine rings is 1. The summed E-state index contributed by atoms with van der Waals surface area (Å²) in [6, 6.07) is 11.3. The van der Waals surface area contributed by atoms with Gasteiger partial charge in [0.1, 0.15) is 11.9 Å². The third-order valence-electron chi connectivity index (χ3n) is 12.5. The van der Waals surface area contributed by atoms with E-state index in [9.17, 15) is 32.8 Å². The minimum absolute atomic E-state index is 0.0147. The van der Waals surface area contributed by atoms with E-state index in [0.717, 1.165) is 29.7 Å². The number of nitrogens with one attached hydrogen (secondary N) is 3. The highest BCUT2D eigenvalue weighted by Gasteiger charge is 2.35. The van der Waals surface area contributed by atoms with Crippen LogP contribution in [0.5, 0.6) is 0 Å². The van der Waals surface area contributed by atoms with Crippen LogP contribution in [0.4, 0.5) is 26.1 Å². The molecule has 2 aromatic carbocycles. The van der Waals surface area contributed by atoms with E-state index in [1.807, 2.05) is 17.0 Å². The number of fused-ring (bicyclic) bond motifs is 3. The number of carbonyl (C=O) groups is 5. The van der Waals surface area contributed by atoms with Crippen molar-refractivity contribution >= 4 is 57.8 Å². The molecule has 3 aromatic heterocycles. The van der Waals surface area contributed by atoms with Crippen LogP contribution in [0.15, 0.2) is 54.9 Å². The lowest BCUT2D eigenvalue weighted by atomic mass is 9.92. The van der Waals surface area contributed by atoms with Gasteiger partial charge < -0.3 is 25.3 Å². The molecule has 3 N–H and O–H groups in total. The fraction of sp³-hybridized carbons (Fsp3) is 0.409. The van der Waals surface area contributed by atoms with Crippen molar-refractivity contribution in [3.8, 4) is 11.1 Å². The van der Waals surface area contributed by atoms with Crippen LogP contribution in [0.3, 0.4) is 0 Å². The van der Waals surface area contributed by atoms with Gasteiger partial charge in [-0.25, -0.2) is 13.8 Å². The molecule has 7 heterocycles. The first kappa shape index (κ1) is 40.7. The van der Waals surface area contributed by atoms with Crippen molar-refractivity contribution in [2.75, 3.05) is 42.9 Å². The van der Waals surface area contributed by atoms with Crippen LogP contribution in [0.2, 0.25) is 0 Å². The second kappa shape index (κ2) is 16.6. The Hall–Kier alpha value is -6.72. The number of aromatic nitrogens is 5. The first-order valence-corrected chi connectivity index (χ1v) is 21.0. The number of rotatable bonds is 9. The maximum atomic E-state index is 14.7. The fourth-order valence-corrected chi connectivity index (χ4v) is 9.21. The number of benzene rings is 2. The molecule has 0 bridgehead atoms. The summed E-state index contributed by atoms with van der Waals surface area (Å²) in [6.45, 7) is 4.03. The first-order valence-electron chi connectivity index (χ1n) is 21.0. The number of hydrogen-bond donors (Lipinski definition) is 3.